The van der Waals surface area contributed by atoms with E-state index < -0.39 is 37.9 Å². The van der Waals surface area contributed by atoms with Gasteiger partial charge in [0, 0.05) is 12.1 Å². The molecule has 0 radical (unpaired) electrons. The fourth-order valence-electron chi connectivity index (χ4n) is 3.01. The summed E-state index contributed by atoms with van der Waals surface area (Å²) >= 11 is 0. The summed E-state index contributed by atoms with van der Waals surface area (Å²) in [6.07, 6.45) is 2.23. The van der Waals surface area contributed by atoms with Crippen LogP contribution in [0.1, 0.15) is 32.1 Å². The molecule has 2 N–H and O–H groups in total. The van der Waals surface area contributed by atoms with E-state index in [0.29, 0.717) is 25.7 Å². The average molecular weight is 397 g/mol. The second kappa shape index (κ2) is 6.57. The van der Waals surface area contributed by atoms with E-state index in [2.05, 4.69) is 10.0 Å². The molecular formula is C16H19N3O7S. The first kappa shape index (κ1) is 19.2. The normalized spacial score (nSPS) is 19.4. The van der Waals surface area contributed by atoms with Crippen LogP contribution < -0.4 is 10.0 Å². The van der Waals surface area contributed by atoms with Gasteiger partial charge in [-0.3, -0.25) is 14.9 Å². The maximum absolute atomic E-state index is 12.7. The fraction of sp³-hybridized carbons (Fsp3) is 0.500. The second-order valence-electron chi connectivity index (χ2n) is 6.82. The van der Waals surface area contributed by atoms with Crippen molar-refractivity contribution in [3.8, 4) is 0 Å². The molecule has 0 unspecified atom stereocenters. The van der Waals surface area contributed by atoms with E-state index in [9.17, 15) is 28.1 Å². The van der Waals surface area contributed by atoms with Crippen LogP contribution in [-0.2, 0) is 24.3 Å². The van der Waals surface area contributed by atoms with Gasteiger partial charge >= 0.3 is 5.97 Å². The fourth-order valence-corrected chi connectivity index (χ4v) is 4.43. The Morgan fingerprint density at radius 3 is 2.11 bits per heavy atom. The molecule has 0 spiro atoms. The maximum Gasteiger partial charge on any atom is 0.331 e. The van der Waals surface area contributed by atoms with Gasteiger partial charge in [-0.1, -0.05) is 0 Å². The smallest absolute Gasteiger partial charge is 0.331 e. The molecule has 0 bridgehead atoms. The molecule has 0 atom stereocenters. The van der Waals surface area contributed by atoms with Crippen LogP contribution in [0, 0.1) is 10.1 Å². The average Bonchev–Trinajstić information content (AvgIpc) is 3.37. The summed E-state index contributed by atoms with van der Waals surface area (Å²) in [6.45, 7) is 0. The van der Waals surface area contributed by atoms with Crippen molar-refractivity contribution in [3.05, 3.63) is 34.4 Å². The molecule has 1 amide bonds. The third-order valence-electron chi connectivity index (χ3n) is 5.01. The molecular weight excluding hydrogens is 378 g/mol. The lowest BCUT2D eigenvalue weighted by Crippen LogP contribution is -2.63. The van der Waals surface area contributed by atoms with E-state index in [-0.39, 0.29) is 10.6 Å². The zero-order valence-electron chi connectivity index (χ0n) is 14.6. The Morgan fingerprint density at radius 1 is 1.11 bits per heavy atom. The molecule has 2 saturated carbocycles. The largest absolute Gasteiger partial charge is 0.467 e. The number of sulfonamides is 1. The molecule has 0 saturated heterocycles. The summed E-state index contributed by atoms with van der Waals surface area (Å²) < 4.78 is 32.2. The van der Waals surface area contributed by atoms with Gasteiger partial charge in [-0.25, -0.2) is 13.2 Å². The predicted octanol–water partition coefficient (Wildman–Crippen LogP) is 0.618. The van der Waals surface area contributed by atoms with Gasteiger partial charge in [0.15, 0.2) is 0 Å². The van der Waals surface area contributed by atoms with Crippen molar-refractivity contribution in [2.45, 2.75) is 48.1 Å². The maximum atomic E-state index is 12.7. The molecule has 2 fully saturated rings. The summed E-state index contributed by atoms with van der Waals surface area (Å²) in [6, 6.07) is 4.37. The molecule has 1 aromatic carbocycles. The molecule has 27 heavy (non-hydrogen) atoms. The van der Waals surface area contributed by atoms with Crippen LogP contribution in [0.5, 0.6) is 0 Å². The third kappa shape index (κ3) is 3.52. The molecule has 1 aromatic rings. The number of benzene rings is 1. The number of hydrogen-bond acceptors (Lipinski definition) is 7. The molecule has 2 aliphatic rings. The van der Waals surface area contributed by atoms with Gasteiger partial charge in [0.2, 0.25) is 15.9 Å². The van der Waals surface area contributed by atoms with Gasteiger partial charge < -0.3 is 10.1 Å². The Balaban J connectivity index is 1.75. The highest BCUT2D eigenvalue weighted by atomic mass is 32.2. The van der Waals surface area contributed by atoms with Crippen molar-refractivity contribution in [1.29, 1.82) is 0 Å². The van der Waals surface area contributed by atoms with Gasteiger partial charge in [-0.2, -0.15) is 4.72 Å². The van der Waals surface area contributed by atoms with Gasteiger partial charge in [-0.05, 0) is 44.2 Å². The van der Waals surface area contributed by atoms with Crippen LogP contribution in [0.3, 0.4) is 0 Å². The number of nitro benzene ring substituents is 1. The molecule has 0 aliphatic heterocycles. The Bertz CT molecular complexity index is 887. The van der Waals surface area contributed by atoms with Crippen LogP contribution in [0.15, 0.2) is 29.2 Å². The highest BCUT2D eigenvalue weighted by molar-refractivity contribution is 7.89. The van der Waals surface area contributed by atoms with Crippen molar-refractivity contribution in [1.82, 2.24) is 10.0 Å². The molecule has 0 aromatic heterocycles. The van der Waals surface area contributed by atoms with Gasteiger partial charge in [0.1, 0.15) is 11.1 Å². The van der Waals surface area contributed by atoms with Gasteiger partial charge in [-0.15, -0.1) is 0 Å². The number of nitrogens with one attached hydrogen (secondary N) is 2. The van der Waals surface area contributed by atoms with E-state index in [1.807, 2.05) is 0 Å². The number of carbonyl (C=O) groups excluding carboxylic acids is 2. The molecule has 2 aliphatic carbocycles. The number of ether oxygens (including phenoxy) is 1. The minimum atomic E-state index is -4.06. The van der Waals surface area contributed by atoms with E-state index in [4.69, 9.17) is 4.74 Å². The minimum Gasteiger partial charge on any atom is -0.467 e. The number of non-ortho nitro benzene ring substituents is 1. The first-order valence-corrected chi connectivity index (χ1v) is 9.82. The van der Waals surface area contributed by atoms with E-state index >= 15 is 0 Å². The highest BCUT2D eigenvalue weighted by Gasteiger charge is 2.57. The SMILES string of the molecule is COC(=O)C1(NC(=O)C2(NS(=O)(=O)c3ccc([N+](=O)[O-])cc3)CC2)CCC1. The number of amides is 1. The third-order valence-corrected chi connectivity index (χ3v) is 6.56. The minimum absolute atomic E-state index is 0.182. The summed E-state index contributed by atoms with van der Waals surface area (Å²) in [5, 5.41) is 13.3. The lowest BCUT2D eigenvalue weighted by molar-refractivity contribution is -0.384. The lowest BCUT2D eigenvalue weighted by Gasteiger charge is -2.40. The van der Waals surface area contributed by atoms with Crippen molar-refractivity contribution in [2.75, 3.05) is 7.11 Å². The monoisotopic (exact) mass is 397 g/mol. The number of methoxy groups -OCH3 is 1. The molecule has 3 rings (SSSR count). The molecule has 11 heteroatoms. The quantitative estimate of drug-likeness (QED) is 0.390. The van der Waals surface area contributed by atoms with E-state index in [0.717, 1.165) is 30.7 Å². The van der Waals surface area contributed by atoms with Crippen LogP contribution in [0.2, 0.25) is 0 Å². The summed E-state index contributed by atoms with van der Waals surface area (Å²) in [4.78, 5) is 34.5. The van der Waals surface area contributed by atoms with E-state index in [1.165, 1.54) is 7.11 Å². The number of hydrogen-bond donors (Lipinski definition) is 2. The number of nitrogens with zero attached hydrogens (tertiary/aromatic N) is 1. The van der Waals surface area contributed by atoms with Crippen molar-refractivity contribution in [3.63, 3.8) is 0 Å². The van der Waals surface area contributed by atoms with Gasteiger partial charge in [0.25, 0.3) is 5.69 Å². The summed E-state index contributed by atoms with van der Waals surface area (Å²) in [7, 11) is -2.83. The topological polar surface area (TPSA) is 145 Å². The highest BCUT2D eigenvalue weighted by Crippen LogP contribution is 2.40. The first-order valence-electron chi connectivity index (χ1n) is 8.34. The Hall–Kier alpha value is -2.53. The number of esters is 1. The lowest BCUT2D eigenvalue weighted by atomic mass is 9.76. The van der Waals surface area contributed by atoms with Crippen molar-refractivity contribution >= 4 is 27.6 Å². The van der Waals surface area contributed by atoms with Crippen LogP contribution in [0.25, 0.3) is 0 Å². The number of carbonyl (C=O) groups is 2. The predicted molar refractivity (Wildman–Crippen MR) is 92.1 cm³/mol. The zero-order valence-corrected chi connectivity index (χ0v) is 15.4. The molecule has 146 valence electrons. The zero-order chi connectivity index (χ0) is 19.9. The number of rotatable bonds is 7. The van der Waals surface area contributed by atoms with Crippen LogP contribution in [-0.4, -0.2) is 43.4 Å². The molecule has 0 heterocycles. The van der Waals surface area contributed by atoms with Crippen LogP contribution >= 0.6 is 0 Å². The summed E-state index contributed by atoms with van der Waals surface area (Å²) in [5.41, 5.74) is -2.66. The Labute approximate surface area is 155 Å². The van der Waals surface area contributed by atoms with Crippen LogP contribution in [0.4, 0.5) is 5.69 Å². The van der Waals surface area contributed by atoms with Gasteiger partial charge in [0.05, 0.1) is 16.9 Å². The molecule has 10 nitrogen and oxygen atoms in total. The second-order valence-corrected chi connectivity index (χ2v) is 8.50. The number of nitro groups is 1. The Morgan fingerprint density at radius 2 is 1.70 bits per heavy atom. The standard InChI is InChI=1S/C16H19N3O7S/c1-26-14(21)16(7-2-8-16)17-13(20)15(9-10-15)18-27(24,25)12-5-3-11(4-6-12)19(22)23/h3-6,18H,2,7-10H2,1H3,(H,17,20). The first-order chi connectivity index (χ1) is 12.6. The summed E-state index contributed by atoms with van der Waals surface area (Å²) in [5.74, 6) is -1.12. The van der Waals surface area contributed by atoms with E-state index in [1.54, 1.807) is 0 Å². The van der Waals surface area contributed by atoms with Crippen molar-refractivity contribution in [2.24, 2.45) is 0 Å². The Kier molecular flexibility index (Phi) is 4.68. The van der Waals surface area contributed by atoms with Crippen molar-refractivity contribution < 1.29 is 27.7 Å².